The van der Waals surface area contributed by atoms with Gasteiger partial charge in [0.2, 0.25) is 0 Å². The summed E-state index contributed by atoms with van der Waals surface area (Å²) in [5.41, 5.74) is 0.281. The summed E-state index contributed by atoms with van der Waals surface area (Å²) in [6.45, 7) is 2.56. The molecule has 6 nitrogen and oxygen atoms in total. The van der Waals surface area contributed by atoms with Gasteiger partial charge in [0.25, 0.3) is 0 Å². The Hall–Kier alpha value is -1.71. The lowest BCUT2D eigenvalue weighted by molar-refractivity contribution is -0.0206. The van der Waals surface area contributed by atoms with E-state index in [1.165, 1.54) is 6.20 Å². The van der Waals surface area contributed by atoms with Crippen LogP contribution in [0.1, 0.15) is 25.0 Å². The highest BCUT2D eigenvalue weighted by Gasteiger charge is 2.42. The van der Waals surface area contributed by atoms with Gasteiger partial charge < -0.3 is 14.8 Å². The molecular weight excluding hydrogens is 244 g/mol. The highest BCUT2D eigenvalue weighted by molar-refractivity contribution is 5.19. The summed E-state index contributed by atoms with van der Waals surface area (Å²) in [6.07, 6.45) is 4.43. The number of hydrogen-bond acceptors (Lipinski definition) is 6. The number of ether oxygens (including phenoxy) is 2. The molecule has 2 fully saturated rings. The molecule has 0 saturated carbocycles. The topological polar surface area (TPSA) is 80.1 Å². The van der Waals surface area contributed by atoms with Crippen LogP contribution in [0.5, 0.6) is 6.01 Å². The monoisotopic (exact) mass is 260 g/mol. The molecule has 3 heterocycles. The molecule has 1 aromatic rings. The molecule has 1 N–H and O–H groups in total. The number of hydrogen-bond donors (Lipinski definition) is 1. The van der Waals surface area contributed by atoms with E-state index < -0.39 is 0 Å². The molecule has 1 spiro atoms. The average molecular weight is 260 g/mol. The fourth-order valence-electron chi connectivity index (χ4n) is 2.72. The maximum atomic E-state index is 8.79. The summed E-state index contributed by atoms with van der Waals surface area (Å²) < 4.78 is 11.7. The van der Waals surface area contributed by atoms with E-state index in [0.717, 1.165) is 32.4 Å². The van der Waals surface area contributed by atoms with Crippen molar-refractivity contribution >= 4 is 0 Å². The molecule has 6 heteroatoms. The Morgan fingerprint density at radius 1 is 1.47 bits per heavy atom. The van der Waals surface area contributed by atoms with Crippen molar-refractivity contribution in [3.05, 3.63) is 18.0 Å². The first kappa shape index (κ1) is 12.3. The van der Waals surface area contributed by atoms with Crippen molar-refractivity contribution in [3.63, 3.8) is 0 Å². The lowest BCUT2D eigenvalue weighted by Crippen LogP contribution is -2.41. The normalized spacial score (nSPS) is 25.1. The van der Waals surface area contributed by atoms with Crippen molar-refractivity contribution in [2.24, 2.45) is 0 Å². The SMILES string of the molecule is N#Cc1ccnc(OC2COC3(CCNCC3)C2)n1. The molecule has 0 amide bonds. The van der Waals surface area contributed by atoms with Crippen molar-refractivity contribution in [1.82, 2.24) is 15.3 Å². The second kappa shape index (κ2) is 5.11. The van der Waals surface area contributed by atoms with Crippen molar-refractivity contribution in [1.29, 1.82) is 5.26 Å². The van der Waals surface area contributed by atoms with Crippen molar-refractivity contribution in [2.45, 2.75) is 31.0 Å². The molecule has 100 valence electrons. The smallest absolute Gasteiger partial charge is 0.317 e. The quantitative estimate of drug-likeness (QED) is 0.840. The van der Waals surface area contributed by atoms with Gasteiger partial charge in [-0.15, -0.1) is 0 Å². The molecule has 0 aliphatic carbocycles. The number of nitrogens with zero attached hydrogens (tertiary/aromatic N) is 3. The Kier molecular flexibility index (Phi) is 3.32. The zero-order chi connectivity index (χ0) is 13.1. The minimum Gasteiger partial charge on any atom is -0.458 e. The average Bonchev–Trinajstić information content (AvgIpc) is 2.82. The van der Waals surface area contributed by atoms with Crippen LogP contribution in [-0.2, 0) is 4.74 Å². The molecule has 19 heavy (non-hydrogen) atoms. The van der Waals surface area contributed by atoms with Crippen LogP contribution in [0.25, 0.3) is 0 Å². The number of piperidine rings is 1. The van der Waals surface area contributed by atoms with Crippen LogP contribution in [0.2, 0.25) is 0 Å². The van der Waals surface area contributed by atoms with Gasteiger partial charge >= 0.3 is 6.01 Å². The summed E-state index contributed by atoms with van der Waals surface area (Å²) in [6, 6.07) is 3.80. The zero-order valence-corrected chi connectivity index (χ0v) is 10.6. The first-order chi connectivity index (χ1) is 9.30. The van der Waals surface area contributed by atoms with E-state index >= 15 is 0 Å². The zero-order valence-electron chi connectivity index (χ0n) is 10.6. The van der Waals surface area contributed by atoms with Gasteiger partial charge in [0.15, 0.2) is 0 Å². The Morgan fingerprint density at radius 2 is 2.32 bits per heavy atom. The first-order valence-electron chi connectivity index (χ1n) is 6.54. The molecule has 1 aromatic heterocycles. The number of rotatable bonds is 2. The minimum atomic E-state index is -0.0389. The van der Waals surface area contributed by atoms with Crippen molar-refractivity contribution in [3.8, 4) is 12.1 Å². The number of aromatic nitrogens is 2. The van der Waals surface area contributed by atoms with Crippen LogP contribution in [-0.4, -0.2) is 41.4 Å². The summed E-state index contributed by atoms with van der Waals surface area (Å²) in [5, 5.41) is 12.1. The third kappa shape index (κ3) is 2.67. The molecular formula is C13H16N4O2. The van der Waals surface area contributed by atoms with Crippen molar-refractivity contribution < 1.29 is 9.47 Å². The molecule has 2 saturated heterocycles. The Balaban J connectivity index is 1.63. The van der Waals surface area contributed by atoms with Crippen LogP contribution >= 0.6 is 0 Å². The summed E-state index contributed by atoms with van der Waals surface area (Å²) >= 11 is 0. The minimum absolute atomic E-state index is 0.0213. The standard InChI is InChI=1S/C13H16N4O2/c14-8-10-1-4-16-12(17-10)19-11-7-13(18-9-11)2-5-15-6-3-13/h1,4,11,15H,2-3,5-7,9H2. The number of nitrogens with one attached hydrogen (secondary N) is 1. The van der Waals surface area contributed by atoms with Crippen LogP contribution in [0.4, 0.5) is 0 Å². The largest absolute Gasteiger partial charge is 0.458 e. The second-order valence-corrected chi connectivity index (χ2v) is 5.02. The van der Waals surface area contributed by atoms with Gasteiger partial charge in [-0.1, -0.05) is 0 Å². The van der Waals surface area contributed by atoms with Gasteiger partial charge in [-0.05, 0) is 32.0 Å². The molecule has 2 aliphatic rings. The van der Waals surface area contributed by atoms with Gasteiger partial charge in [0, 0.05) is 12.6 Å². The molecule has 3 rings (SSSR count). The van der Waals surface area contributed by atoms with E-state index in [1.807, 2.05) is 6.07 Å². The maximum Gasteiger partial charge on any atom is 0.317 e. The Labute approximate surface area is 111 Å². The van der Waals surface area contributed by atoms with Crippen LogP contribution in [0.15, 0.2) is 12.3 Å². The van der Waals surface area contributed by atoms with E-state index in [2.05, 4.69) is 15.3 Å². The molecule has 0 radical (unpaired) electrons. The molecule has 1 atom stereocenters. The molecule has 1 unspecified atom stereocenters. The van der Waals surface area contributed by atoms with Gasteiger partial charge in [-0.3, -0.25) is 0 Å². The Bertz CT molecular complexity index is 494. The number of nitriles is 1. The second-order valence-electron chi connectivity index (χ2n) is 5.02. The first-order valence-corrected chi connectivity index (χ1v) is 6.54. The van der Waals surface area contributed by atoms with E-state index in [9.17, 15) is 0 Å². The van der Waals surface area contributed by atoms with Gasteiger partial charge in [0.1, 0.15) is 17.9 Å². The molecule has 0 aromatic carbocycles. The molecule has 0 bridgehead atoms. The van der Waals surface area contributed by atoms with Gasteiger partial charge in [0.05, 0.1) is 12.2 Å². The fourth-order valence-corrected chi connectivity index (χ4v) is 2.72. The van der Waals surface area contributed by atoms with E-state index in [-0.39, 0.29) is 17.7 Å². The van der Waals surface area contributed by atoms with Crippen molar-refractivity contribution in [2.75, 3.05) is 19.7 Å². The fraction of sp³-hybridized carbons (Fsp3) is 0.615. The highest BCUT2D eigenvalue weighted by atomic mass is 16.6. The maximum absolute atomic E-state index is 8.79. The highest BCUT2D eigenvalue weighted by Crippen LogP contribution is 2.35. The summed E-state index contributed by atoms with van der Waals surface area (Å²) in [7, 11) is 0. The predicted octanol–water partition coefficient (Wildman–Crippen LogP) is 0.638. The Morgan fingerprint density at radius 3 is 3.11 bits per heavy atom. The van der Waals surface area contributed by atoms with Crippen LogP contribution in [0.3, 0.4) is 0 Å². The van der Waals surface area contributed by atoms with Crippen LogP contribution < -0.4 is 10.1 Å². The van der Waals surface area contributed by atoms with E-state index in [0.29, 0.717) is 12.3 Å². The summed E-state index contributed by atoms with van der Waals surface area (Å²) in [5.74, 6) is 0. The van der Waals surface area contributed by atoms with Crippen LogP contribution in [0, 0.1) is 11.3 Å². The predicted molar refractivity (Wildman–Crippen MR) is 66.6 cm³/mol. The molecule has 2 aliphatic heterocycles. The lowest BCUT2D eigenvalue weighted by Gasteiger charge is -2.32. The summed E-state index contributed by atoms with van der Waals surface area (Å²) in [4.78, 5) is 8.06. The van der Waals surface area contributed by atoms with Gasteiger partial charge in [-0.2, -0.15) is 10.2 Å². The third-order valence-corrected chi connectivity index (χ3v) is 3.71. The van der Waals surface area contributed by atoms with Gasteiger partial charge in [-0.25, -0.2) is 4.98 Å². The third-order valence-electron chi connectivity index (χ3n) is 3.71. The van der Waals surface area contributed by atoms with E-state index in [1.54, 1.807) is 6.07 Å². The van der Waals surface area contributed by atoms with E-state index in [4.69, 9.17) is 14.7 Å². The lowest BCUT2D eigenvalue weighted by atomic mass is 9.89.